The number of anilines is 1. The average Bonchev–Trinajstić information content (AvgIpc) is 3.22. The van der Waals surface area contributed by atoms with Crippen molar-refractivity contribution >= 4 is 27.3 Å². The maximum Gasteiger partial charge on any atom is 0.257 e. The number of amides is 1. The van der Waals surface area contributed by atoms with Gasteiger partial charge in [0.05, 0.1) is 7.11 Å². The Balaban J connectivity index is 1.63. The lowest BCUT2D eigenvalue weighted by Gasteiger charge is -2.04. The van der Waals surface area contributed by atoms with Gasteiger partial charge in [0.15, 0.2) is 5.82 Å². The highest BCUT2D eigenvalue weighted by molar-refractivity contribution is 7.20. The van der Waals surface area contributed by atoms with Gasteiger partial charge in [0.1, 0.15) is 5.75 Å². The lowest BCUT2D eigenvalue weighted by Crippen LogP contribution is -2.13. The van der Waals surface area contributed by atoms with Crippen molar-refractivity contribution in [1.82, 2.24) is 19.8 Å². The molecule has 4 rings (SSSR count). The third kappa shape index (κ3) is 2.91. The van der Waals surface area contributed by atoms with Gasteiger partial charge in [0, 0.05) is 11.1 Å². The highest BCUT2D eigenvalue weighted by Gasteiger charge is 2.16. The van der Waals surface area contributed by atoms with Crippen LogP contribution in [0.15, 0.2) is 48.5 Å². The minimum Gasteiger partial charge on any atom is -0.497 e. The van der Waals surface area contributed by atoms with Crippen LogP contribution in [0.5, 0.6) is 5.75 Å². The van der Waals surface area contributed by atoms with E-state index in [1.54, 1.807) is 17.7 Å². The molecule has 0 fully saturated rings. The molecule has 0 unspecified atom stereocenters. The normalized spacial score (nSPS) is 10.8. The summed E-state index contributed by atoms with van der Waals surface area (Å²) in [6.07, 6.45) is 0. The van der Waals surface area contributed by atoms with E-state index in [9.17, 15) is 4.79 Å². The Labute approximate surface area is 153 Å². The lowest BCUT2D eigenvalue weighted by molar-refractivity contribution is 0.102. The summed E-state index contributed by atoms with van der Waals surface area (Å²) in [4.78, 5) is 13.1. The van der Waals surface area contributed by atoms with Crippen molar-refractivity contribution in [3.05, 3.63) is 59.7 Å². The molecule has 26 heavy (non-hydrogen) atoms. The van der Waals surface area contributed by atoms with Gasteiger partial charge in [-0.2, -0.15) is 4.52 Å². The first kappa shape index (κ1) is 16.2. The number of aryl methyl sites for hydroxylation is 1. The number of aromatic nitrogens is 4. The molecule has 2 heterocycles. The van der Waals surface area contributed by atoms with Gasteiger partial charge in [0.25, 0.3) is 5.91 Å². The molecule has 0 saturated carbocycles. The summed E-state index contributed by atoms with van der Waals surface area (Å²) in [5.74, 6) is 1.17. The predicted molar refractivity (Wildman–Crippen MR) is 99.8 cm³/mol. The molecule has 0 spiro atoms. The Morgan fingerprint density at radius 2 is 1.88 bits per heavy atom. The van der Waals surface area contributed by atoms with E-state index >= 15 is 0 Å². The van der Waals surface area contributed by atoms with Gasteiger partial charge in [-0.1, -0.05) is 29.5 Å². The van der Waals surface area contributed by atoms with Crippen molar-refractivity contribution in [3.8, 4) is 17.1 Å². The van der Waals surface area contributed by atoms with Gasteiger partial charge < -0.3 is 4.74 Å². The lowest BCUT2D eigenvalue weighted by atomic mass is 10.1. The molecular formula is C18H15N5O2S. The van der Waals surface area contributed by atoms with Crippen LogP contribution in [-0.4, -0.2) is 32.8 Å². The number of methoxy groups -OCH3 is 1. The summed E-state index contributed by atoms with van der Waals surface area (Å²) >= 11 is 1.27. The molecule has 1 amide bonds. The predicted octanol–water partition coefficient (Wildman–Crippen LogP) is 3.42. The summed E-state index contributed by atoms with van der Waals surface area (Å²) in [6.45, 7) is 1.90. The van der Waals surface area contributed by atoms with Crippen molar-refractivity contribution in [3.63, 3.8) is 0 Å². The number of nitrogens with zero attached hydrogens (tertiary/aromatic N) is 4. The van der Waals surface area contributed by atoms with Gasteiger partial charge in [0.2, 0.25) is 10.1 Å². The fraction of sp³-hybridized carbons (Fsp3) is 0.111. The summed E-state index contributed by atoms with van der Waals surface area (Å²) < 4.78 is 6.79. The second kappa shape index (κ2) is 6.57. The Morgan fingerprint density at radius 3 is 2.62 bits per heavy atom. The average molecular weight is 365 g/mol. The molecule has 8 heteroatoms. The van der Waals surface area contributed by atoms with Crippen LogP contribution in [0.25, 0.3) is 16.3 Å². The summed E-state index contributed by atoms with van der Waals surface area (Å²) in [6, 6.07) is 14.9. The smallest absolute Gasteiger partial charge is 0.257 e. The van der Waals surface area contributed by atoms with E-state index < -0.39 is 0 Å². The third-order valence-corrected chi connectivity index (χ3v) is 4.76. The van der Waals surface area contributed by atoms with E-state index in [2.05, 4.69) is 20.6 Å². The molecule has 0 radical (unpaired) electrons. The van der Waals surface area contributed by atoms with Gasteiger partial charge in [-0.15, -0.1) is 15.3 Å². The Morgan fingerprint density at radius 1 is 1.12 bits per heavy atom. The number of nitrogens with one attached hydrogen (secondary N) is 1. The summed E-state index contributed by atoms with van der Waals surface area (Å²) in [7, 11) is 1.62. The molecule has 2 aromatic heterocycles. The first-order valence-electron chi connectivity index (χ1n) is 7.89. The first-order valence-corrected chi connectivity index (χ1v) is 8.71. The fourth-order valence-electron chi connectivity index (χ4n) is 2.58. The number of fused-ring (bicyclic) bond motifs is 1. The number of hydrogen-bond acceptors (Lipinski definition) is 6. The van der Waals surface area contributed by atoms with Crippen LogP contribution in [-0.2, 0) is 0 Å². The number of ether oxygens (including phenoxy) is 1. The molecule has 0 aliphatic heterocycles. The number of hydrogen-bond donors (Lipinski definition) is 1. The molecule has 0 atom stereocenters. The number of benzene rings is 2. The topological polar surface area (TPSA) is 81.4 Å². The number of carbonyl (C=O) groups excluding carboxylic acids is 1. The van der Waals surface area contributed by atoms with Crippen LogP contribution >= 0.6 is 11.3 Å². The zero-order chi connectivity index (χ0) is 18.1. The van der Waals surface area contributed by atoms with Gasteiger partial charge in [-0.25, -0.2) is 0 Å². The van der Waals surface area contributed by atoms with Crippen molar-refractivity contribution in [1.29, 1.82) is 0 Å². The van der Waals surface area contributed by atoms with E-state index in [1.165, 1.54) is 11.3 Å². The van der Waals surface area contributed by atoms with E-state index in [0.717, 1.165) is 16.9 Å². The Kier molecular flexibility index (Phi) is 4.10. The molecule has 4 aromatic rings. The van der Waals surface area contributed by atoms with Crippen LogP contribution in [0.4, 0.5) is 5.13 Å². The molecule has 2 aromatic carbocycles. The molecule has 0 saturated heterocycles. The first-order chi connectivity index (χ1) is 12.7. The SMILES string of the molecule is COc1ccc(-c2nnc3sc(NC(=O)c4ccccc4C)nn23)cc1. The zero-order valence-electron chi connectivity index (χ0n) is 14.1. The number of rotatable bonds is 4. The second-order valence-electron chi connectivity index (χ2n) is 5.62. The maximum atomic E-state index is 12.5. The highest BCUT2D eigenvalue weighted by Crippen LogP contribution is 2.26. The third-order valence-electron chi connectivity index (χ3n) is 3.95. The summed E-state index contributed by atoms with van der Waals surface area (Å²) in [5.41, 5.74) is 2.39. The van der Waals surface area contributed by atoms with E-state index in [-0.39, 0.29) is 5.91 Å². The molecule has 0 aliphatic rings. The van der Waals surface area contributed by atoms with Crippen molar-refractivity contribution in [2.45, 2.75) is 6.92 Å². The van der Waals surface area contributed by atoms with Gasteiger partial charge in [-0.05, 0) is 42.8 Å². The van der Waals surface area contributed by atoms with Gasteiger partial charge in [-0.3, -0.25) is 10.1 Å². The highest BCUT2D eigenvalue weighted by atomic mass is 32.1. The van der Waals surface area contributed by atoms with E-state index in [1.807, 2.05) is 49.4 Å². The standard InChI is InChI=1S/C18H15N5O2S/c1-11-5-3-4-6-14(11)16(24)19-17-22-23-15(20-21-18(23)26-17)12-7-9-13(25-2)10-8-12/h3-10H,1-2H3,(H,19,22,24). The molecule has 1 N–H and O–H groups in total. The molecule has 0 bridgehead atoms. The van der Waals surface area contributed by atoms with Crippen LogP contribution in [0.3, 0.4) is 0 Å². The number of carbonyl (C=O) groups is 1. The Bertz CT molecular complexity index is 1080. The molecule has 130 valence electrons. The van der Waals surface area contributed by atoms with Crippen LogP contribution < -0.4 is 10.1 Å². The fourth-order valence-corrected chi connectivity index (χ4v) is 3.31. The minimum atomic E-state index is -0.195. The van der Waals surface area contributed by atoms with Crippen LogP contribution in [0.1, 0.15) is 15.9 Å². The van der Waals surface area contributed by atoms with Crippen molar-refractivity contribution < 1.29 is 9.53 Å². The van der Waals surface area contributed by atoms with E-state index in [4.69, 9.17) is 4.74 Å². The summed E-state index contributed by atoms with van der Waals surface area (Å²) in [5, 5.41) is 16.1. The van der Waals surface area contributed by atoms with Gasteiger partial charge >= 0.3 is 0 Å². The van der Waals surface area contributed by atoms with Crippen molar-refractivity contribution in [2.75, 3.05) is 12.4 Å². The quantitative estimate of drug-likeness (QED) is 0.599. The van der Waals surface area contributed by atoms with Crippen molar-refractivity contribution in [2.24, 2.45) is 0 Å². The minimum absolute atomic E-state index is 0.195. The molecule has 0 aliphatic carbocycles. The Hall–Kier alpha value is -3.26. The van der Waals surface area contributed by atoms with Crippen LogP contribution in [0, 0.1) is 6.92 Å². The zero-order valence-corrected chi connectivity index (χ0v) is 14.9. The van der Waals surface area contributed by atoms with E-state index in [0.29, 0.717) is 21.5 Å². The molecular weight excluding hydrogens is 350 g/mol. The molecule has 7 nitrogen and oxygen atoms in total. The largest absolute Gasteiger partial charge is 0.497 e. The van der Waals surface area contributed by atoms with Crippen LogP contribution in [0.2, 0.25) is 0 Å². The monoisotopic (exact) mass is 365 g/mol. The second-order valence-corrected chi connectivity index (χ2v) is 6.58. The maximum absolute atomic E-state index is 12.5.